The number of hydrogen-bond donors (Lipinski definition) is 2. The topological polar surface area (TPSA) is 58.5 Å². The summed E-state index contributed by atoms with van der Waals surface area (Å²) in [5.74, 6) is -0.267. The fourth-order valence-corrected chi connectivity index (χ4v) is 3.19. The molecule has 0 fully saturated rings. The molecule has 2 aromatic heterocycles. The van der Waals surface area contributed by atoms with Crippen LogP contribution in [0.5, 0.6) is 0 Å². The molecule has 0 atom stereocenters. The molecule has 2 aromatic carbocycles. The molecule has 5 rings (SSSR count). The molecule has 6 heteroatoms. The first-order chi connectivity index (χ1) is 11.3. The SMILES string of the molecule is Fc1ccccc1-c1nn2c3c(cccc13)-c1[nH]ncc1NC2. The van der Waals surface area contributed by atoms with Crippen molar-refractivity contribution in [2.75, 3.05) is 5.32 Å². The van der Waals surface area contributed by atoms with E-state index in [0.717, 1.165) is 27.8 Å². The van der Waals surface area contributed by atoms with Gasteiger partial charge < -0.3 is 5.32 Å². The summed E-state index contributed by atoms with van der Waals surface area (Å²) in [7, 11) is 0. The van der Waals surface area contributed by atoms with Crippen molar-refractivity contribution in [1.29, 1.82) is 0 Å². The summed E-state index contributed by atoms with van der Waals surface area (Å²) in [5.41, 5.74) is 5.02. The number of nitrogens with zero attached hydrogens (tertiary/aromatic N) is 3. The van der Waals surface area contributed by atoms with Crippen molar-refractivity contribution in [3.05, 3.63) is 54.5 Å². The number of para-hydroxylation sites is 1. The first-order valence-corrected chi connectivity index (χ1v) is 7.35. The summed E-state index contributed by atoms with van der Waals surface area (Å²) in [6, 6.07) is 12.7. The number of aromatic nitrogens is 4. The van der Waals surface area contributed by atoms with Crippen LogP contribution in [0.15, 0.2) is 48.7 Å². The van der Waals surface area contributed by atoms with Crippen molar-refractivity contribution in [2.24, 2.45) is 0 Å². The van der Waals surface area contributed by atoms with Crippen LogP contribution >= 0.6 is 0 Å². The van der Waals surface area contributed by atoms with Gasteiger partial charge in [-0.1, -0.05) is 30.3 Å². The third-order valence-electron chi connectivity index (χ3n) is 4.23. The van der Waals surface area contributed by atoms with Gasteiger partial charge in [0.1, 0.15) is 18.2 Å². The molecule has 0 spiro atoms. The van der Waals surface area contributed by atoms with Crippen molar-refractivity contribution in [3.63, 3.8) is 0 Å². The fraction of sp³-hybridized carbons (Fsp3) is 0.0588. The minimum absolute atomic E-state index is 0.267. The molecule has 0 saturated carbocycles. The Morgan fingerprint density at radius 3 is 2.83 bits per heavy atom. The van der Waals surface area contributed by atoms with Crippen LogP contribution in [0.25, 0.3) is 33.4 Å². The first kappa shape index (κ1) is 12.4. The quantitative estimate of drug-likeness (QED) is 0.565. The van der Waals surface area contributed by atoms with Crippen molar-refractivity contribution < 1.29 is 4.39 Å². The predicted molar refractivity (Wildman–Crippen MR) is 86.3 cm³/mol. The number of rotatable bonds is 1. The average Bonchev–Trinajstić information content (AvgIpc) is 3.14. The highest BCUT2D eigenvalue weighted by Gasteiger charge is 2.22. The van der Waals surface area contributed by atoms with Gasteiger partial charge in [0.25, 0.3) is 0 Å². The summed E-state index contributed by atoms with van der Waals surface area (Å²) < 4.78 is 16.1. The first-order valence-electron chi connectivity index (χ1n) is 7.35. The molecule has 0 amide bonds. The van der Waals surface area contributed by atoms with Gasteiger partial charge in [-0.3, -0.25) is 5.10 Å². The lowest BCUT2D eigenvalue weighted by Crippen LogP contribution is -2.07. The zero-order valence-corrected chi connectivity index (χ0v) is 12.0. The molecule has 4 aromatic rings. The minimum Gasteiger partial charge on any atom is -0.363 e. The van der Waals surface area contributed by atoms with Gasteiger partial charge in [0.15, 0.2) is 0 Å². The number of aromatic amines is 1. The lowest BCUT2D eigenvalue weighted by Gasteiger charge is -2.03. The van der Waals surface area contributed by atoms with Crippen molar-refractivity contribution in [1.82, 2.24) is 20.0 Å². The van der Waals surface area contributed by atoms with Crippen LogP contribution in [0.3, 0.4) is 0 Å². The number of H-pyrrole nitrogens is 1. The van der Waals surface area contributed by atoms with E-state index in [4.69, 9.17) is 0 Å². The van der Waals surface area contributed by atoms with Gasteiger partial charge in [0, 0.05) is 16.5 Å². The van der Waals surface area contributed by atoms with Gasteiger partial charge in [-0.25, -0.2) is 9.07 Å². The lowest BCUT2D eigenvalue weighted by atomic mass is 10.0. The maximum Gasteiger partial charge on any atom is 0.132 e. The van der Waals surface area contributed by atoms with E-state index in [9.17, 15) is 4.39 Å². The van der Waals surface area contributed by atoms with Crippen LogP contribution in [0, 0.1) is 5.82 Å². The molecule has 0 radical (unpaired) electrons. The monoisotopic (exact) mass is 305 g/mol. The Balaban J connectivity index is 1.88. The molecule has 1 aliphatic heterocycles. The largest absolute Gasteiger partial charge is 0.363 e. The molecule has 3 heterocycles. The maximum absolute atomic E-state index is 14.2. The van der Waals surface area contributed by atoms with Gasteiger partial charge in [0.2, 0.25) is 0 Å². The van der Waals surface area contributed by atoms with E-state index >= 15 is 0 Å². The molecule has 5 nitrogen and oxygen atoms in total. The molecule has 23 heavy (non-hydrogen) atoms. The second-order valence-corrected chi connectivity index (χ2v) is 5.52. The summed E-state index contributed by atoms with van der Waals surface area (Å²) in [5, 5.41) is 16.0. The number of nitrogens with one attached hydrogen (secondary N) is 2. The average molecular weight is 305 g/mol. The molecule has 0 bridgehead atoms. The second-order valence-electron chi connectivity index (χ2n) is 5.52. The van der Waals surface area contributed by atoms with E-state index in [0.29, 0.717) is 17.9 Å². The molecule has 1 aliphatic rings. The van der Waals surface area contributed by atoms with Gasteiger partial charge in [0.05, 0.1) is 23.1 Å². The minimum atomic E-state index is -0.267. The summed E-state index contributed by atoms with van der Waals surface area (Å²) in [6.45, 7) is 0.508. The third kappa shape index (κ3) is 1.66. The van der Waals surface area contributed by atoms with E-state index in [1.54, 1.807) is 18.3 Å². The van der Waals surface area contributed by atoms with Gasteiger partial charge in [-0.15, -0.1) is 0 Å². The van der Waals surface area contributed by atoms with Crippen molar-refractivity contribution in [2.45, 2.75) is 6.67 Å². The summed E-state index contributed by atoms with van der Waals surface area (Å²) in [4.78, 5) is 0. The van der Waals surface area contributed by atoms with Crippen molar-refractivity contribution in [3.8, 4) is 22.5 Å². The fourth-order valence-electron chi connectivity index (χ4n) is 3.19. The smallest absolute Gasteiger partial charge is 0.132 e. The molecule has 0 unspecified atom stereocenters. The van der Waals surface area contributed by atoms with E-state index in [1.807, 2.05) is 28.9 Å². The highest BCUT2D eigenvalue weighted by atomic mass is 19.1. The normalized spacial score (nSPS) is 12.7. The highest BCUT2D eigenvalue weighted by molar-refractivity contribution is 6.03. The number of halogens is 1. The number of hydrogen-bond acceptors (Lipinski definition) is 3. The number of fused-ring (bicyclic) bond motifs is 2. The van der Waals surface area contributed by atoms with Gasteiger partial charge in [-0.05, 0) is 12.1 Å². The standard InChI is InChI=1S/C17H12FN5/c18-13-7-2-1-4-10(13)15-11-5-3-6-12-16-14(8-20-21-16)19-9-23(22-15)17(11)12/h1-8,19H,9H2,(H,20,21). The van der Waals surface area contributed by atoms with Crippen LogP contribution in [-0.4, -0.2) is 20.0 Å². The zero-order valence-electron chi connectivity index (χ0n) is 12.0. The molecule has 0 aliphatic carbocycles. The highest BCUT2D eigenvalue weighted by Crippen LogP contribution is 2.38. The van der Waals surface area contributed by atoms with E-state index in [1.165, 1.54) is 6.07 Å². The molecular formula is C17H12FN5. The maximum atomic E-state index is 14.2. The van der Waals surface area contributed by atoms with Gasteiger partial charge in [-0.2, -0.15) is 10.2 Å². The van der Waals surface area contributed by atoms with E-state index < -0.39 is 0 Å². The Morgan fingerprint density at radius 2 is 1.91 bits per heavy atom. The molecular weight excluding hydrogens is 293 g/mol. The van der Waals surface area contributed by atoms with Crippen LogP contribution in [0.2, 0.25) is 0 Å². The molecule has 2 N–H and O–H groups in total. The van der Waals surface area contributed by atoms with Gasteiger partial charge >= 0.3 is 0 Å². The van der Waals surface area contributed by atoms with E-state index in [2.05, 4.69) is 20.6 Å². The second kappa shape index (κ2) is 4.42. The van der Waals surface area contributed by atoms with Crippen LogP contribution < -0.4 is 5.32 Å². The van der Waals surface area contributed by atoms with Crippen LogP contribution in [-0.2, 0) is 6.67 Å². The van der Waals surface area contributed by atoms with E-state index in [-0.39, 0.29) is 5.82 Å². The number of benzene rings is 2. The lowest BCUT2D eigenvalue weighted by molar-refractivity contribution is 0.629. The Kier molecular flexibility index (Phi) is 2.38. The predicted octanol–water partition coefficient (Wildman–Crippen LogP) is 3.62. The van der Waals surface area contributed by atoms with Crippen LogP contribution in [0.4, 0.5) is 10.1 Å². The Bertz CT molecular complexity index is 1050. The van der Waals surface area contributed by atoms with Crippen molar-refractivity contribution >= 4 is 16.6 Å². The third-order valence-corrected chi connectivity index (χ3v) is 4.23. The molecule has 112 valence electrons. The summed E-state index contributed by atoms with van der Waals surface area (Å²) in [6.07, 6.45) is 1.76. The summed E-state index contributed by atoms with van der Waals surface area (Å²) >= 11 is 0. The number of anilines is 1. The van der Waals surface area contributed by atoms with Crippen LogP contribution in [0.1, 0.15) is 0 Å². The Labute approximate surface area is 130 Å². The Morgan fingerprint density at radius 1 is 1.04 bits per heavy atom. The zero-order chi connectivity index (χ0) is 15.4. The Hall–Kier alpha value is -3.15. The molecule has 0 saturated heterocycles.